The topological polar surface area (TPSA) is 61.7 Å². The van der Waals surface area contributed by atoms with Crippen molar-refractivity contribution in [2.45, 2.75) is 5.16 Å². The van der Waals surface area contributed by atoms with Crippen LogP contribution in [0.2, 0.25) is 0 Å². The lowest BCUT2D eigenvalue weighted by Crippen LogP contribution is -2.04. The molecule has 0 amide bonds. The van der Waals surface area contributed by atoms with Crippen molar-refractivity contribution >= 4 is 22.5 Å². The average Bonchev–Trinajstić information content (AvgIpc) is 2.97. The summed E-state index contributed by atoms with van der Waals surface area (Å²) < 4.78 is 24.5. The summed E-state index contributed by atoms with van der Waals surface area (Å²) in [7, 11) is 0. The highest BCUT2D eigenvalue weighted by Crippen LogP contribution is 2.33. The number of aromatic nitrogens is 3. The van der Waals surface area contributed by atoms with Gasteiger partial charge in [-0.3, -0.25) is 0 Å². The van der Waals surface area contributed by atoms with Gasteiger partial charge in [-0.1, -0.05) is 0 Å². The van der Waals surface area contributed by atoms with Crippen LogP contribution in [-0.2, 0) is 11.2 Å². The summed E-state index contributed by atoms with van der Waals surface area (Å²) >= 11 is 0.185. The first-order valence-corrected chi connectivity index (χ1v) is 8.45. The largest absolute Gasteiger partial charge is 0.609 e. The molecule has 2 aromatic heterocycles. The first-order chi connectivity index (χ1) is 10.1. The lowest BCUT2D eigenvalue weighted by Gasteiger charge is -2.05. The Balaban J connectivity index is 2.06. The third-order valence-corrected chi connectivity index (χ3v) is 4.37. The lowest BCUT2D eigenvalue weighted by molar-refractivity contribution is 0.592. The molecule has 1 unspecified atom stereocenters. The second-order valence-electron chi connectivity index (χ2n) is 4.22. The summed E-state index contributed by atoms with van der Waals surface area (Å²) in [4.78, 5) is 13.5. The zero-order valence-electron chi connectivity index (χ0n) is 11.0. The molecule has 0 bridgehead atoms. The Kier molecular flexibility index (Phi) is 3.96. The van der Waals surface area contributed by atoms with Crippen LogP contribution in [0, 0.1) is 5.82 Å². The first-order valence-electron chi connectivity index (χ1n) is 6.01. The molecular formula is C14H10FN3OS2. The zero-order valence-corrected chi connectivity index (χ0v) is 12.6. The summed E-state index contributed by atoms with van der Waals surface area (Å²) in [5.41, 5.74) is 3.91. The van der Waals surface area contributed by atoms with Gasteiger partial charge in [0.15, 0.2) is 0 Å². The van der Waals surface area contributed by atoms with Crippen molar-refractivity contribution in [1.29, 1.82) is 0 Å². The zero-order chi connectivity index (χ0) is 14.8. The van der Waals surface area contributed by atoms with Crippen LogP contribution in [0.5, 0.6) is 0 Å². The molecule has 0 fully saturated rings. The second-order valence-corrected chi connectivity index (χ2v) is 6.34. The molecule has 1 atom stereocenters. The maximum Gasteiger partial charge on any atom is 0.342 e. The van der Waals surface area contributed by atoms with Crippen molar-refractivity contribution in [3.63, 3.8) is 0 Å². The minimum atomic E-state index is -1.24. The molecule has 3 aromatic rings. The predicted molar refractivity (Wildman–Crippen MR) is 80.9 cm³/mol. The van der Waals surface area contributed by atoms with Crippen molar-refractivity contribution in [2.75, 3.05) is 6.26 Å². The summed E-state index contributed by atoms with van der Waals surface area (Å²) in [6.45, 7) is 0. The van der Waals surface area contributed by atoms with Gasteiger partial charge in [0.25, 0.3) is 0 Å². The van der Waals surface area contributed by atoms with E-state index in [0.29, 0.717) is 5.69 Å². The predicted octanol–water partition coefficient (Wildman–Crippen LogP) is 3.14. The van der Waals surface area contributed by atoms with Gasteiger partial charge >= 0.3 is 5.16 Å². The van der Waals surface area contributed by atoms with Crippen LogP contribution in [0.4, 0.5) is 4.39 Å². The van der Waals surface area contributed by atoms with Crippen LogP contribution >= 0.6 is 11.3 Å². The van der Waals surface area contributed by atoms with Gasteiger partial charge in [0.2, 0.25) is 0 Å². The second kappa shape index (κ2) is 5.88. The van der Waals surface area contributed by atoms with Gasteiger partial charge in [-0.15, -0.1) is 11.3 Å². The maximum absolute atomic E-state index is 13.0. The summed E-state index contributed by atoms with van der Waals surface area (Å²) in [5.74, 6) is -0.291. The fourth-order valence-electron chi connectivity index (χ4n) is 1.85. The fraction of sp³-hybridized carbons (Fsp3) is 0.0714. The van der Waals surface area contributed by atoms with Crippen LogP contribution < -0.4 is 0 Å². The van der Waals surface area contributed by atoms with E-state index in [4.69, 9.17) is 0 Å². The molecule has 106 valence electrons. The van der Waals surface area contributed by atoms with Crippen LogP contribution in [0.1, 0.15) is 0 Å². The van der Waals surface area contributed by atoms with Crippen LogP contribution in [0.3, 0.4) is 0 Å². The molecule has 0 N–H and O–H groups in total. The molecule has 0 aliphatic carbocycles. The number of hydrogen-bond donors (Lipinski definition) is 0. The van der Waals surface area contributed by atoms with Gasteiger partial charge in [-0.05, 0) is 30.3 Å². The first kappa shape index (κ1) is 14.1. The minimum Gasteiger partial charge on any atom is -0.609 e. The van der Waals surface area contributed by atoms with E-state index >= 15 is 0 Å². The normalized spacial score (nSPS) is 12.3. The molecule has 1 aromatic carbocycles. The highest BCUT2D eigenvalue weighted by molar-refractivity contribution is 7.90. The summed E-state index contributed by atoms with van der Waals surface area (Å²) in [5, 5.41) is 0.283. The Labute approximate surface area is 127 Å². The molecule has 0 radical (unpaired) electrons. The number of benzene rings is 1. The summed E-state index contributed by atoms with van der Waals surface area (Å²) in [6.07, 6.45) is 3.11. The SMILES string of the molecule is C[S+]([O-])c1nccc(-c2scnc2-c2ccc(F)cc2)n1. The Hall–Kier alpha value is -1.83. The maximum atomic E-state index is 13.0. The van der Waals surface area contributed by atoms with E-state index in [1.54, 1.807) is 29.9 Å². The number of halogens is 1. The highest BCUT2D eigenvalue weighted by Gasteiger charge is 2.15. The van der Waals surface area contributed by atoms with Gasteiger partial charge < -0.3 is 4.55 Å². The van der Waals surface area contributed by atoms with E-state index in [2.05, 4.69) is 15.0 Å². The minimum absolute atomic E-state index is 0.283. The van der Waals surface area contributed by atoms with Gasteiger partial charge in [0.05, 0.1) is 21.8 Å². The van der Waals surface area contributed by atoms with Crippen LogP contribution in [0.25, 0.3) is 21.8 Å². The Morgan fingerprint density at radius 2 is 1.90 bits per heavy atom. The van der Waals surface area contributed by atoms with Crippen molar-refractivity contribution in [3.8, 4) is 21.8 Å². The molecule has 21 heavy (non-hydrogen) atoms. The van der Waals surface area contributed by atoms with Gasteiger partial charge in [0.1, 0.15) is 12.1 Å². The average molecular weight is 319 g/mol. The number of thiazole rings is 1. The number of nitrogens with zero attached hydrogens (tertiary/aromatic N) is 3. The van der Waals surface area contributed by atoms with E-state index < -0.39 is 11.2 Å². The standard InChI is InChI=1S/C14H10FN3OS2/c1-21(19)14-16-7-6-11(18-14)13-12(17-8-20-13)9-2-4-10(15)5-3-9/h2-8H,1H3. The molecule has 0 spiro atoms. The Morgan fingerprint density at radius 1 is 1.14 bits per heavy atom. The molecule has 3 rings (SSSR count). The molecule has 7 heteroatoms. The Bertz CT molecular complexity index is 759. The molecular weight excluding hydrogens is 309 g/mol. The van der Waals surface area contributed by atoms with E-state index in [0.717, 1.165) is 16.1 Å². The highest BCUT2D eigenvalue weighted by atomic mass is 32.2. The van der Waals surface area contributed by atoms with E-state index in [1.807, 2.05) is 0 Å². The van der Waals surface area contributed by atoms with Gasteiger partial charge in [-0.2, -0.15) is 9.97 Å². The smallest absolute Gasteiger partial charge is 0.342 e. The van der Waals surface area contributed by atoms with Crippen molar-refractivity contribution in [3.05, 3.63) is 47.9 Å². The molecule has 0 saturated heterocycles. The van der Waals surface area contributed by atoms with Gasteiger partial charge in [0, 0.05) is 22.9 Å². The molecule has 0 aliphatic heterocycles. The van der Waals surface area contributed by atoms with Gasteiger partial charge in [-0.25, -0.2) is 9.37 Å². The van der Waals surface area contributed by atoms with E-state index in [-0.39, 0.29) is 11.0 Å². The fourth-order valence-corrected chi connectivity index (χ4v) is 3.06. The molecule has 4 nitrogen and oxygen atoms in total. The van der Waals surface area contributed by atoms with Crippen molar-refractivity contribution < 1.29 is 8.94 Å². The number of hydrogen-bond acceptors (Lipinski definition) is 5. The Morgan fingerprint density at radius 3 is 2.62 bits per heavy atom. The third-order valence-electron chi connectivity index (χ3n) is 2.81. The van der Waals surface area contributed by atoms with Crippen LogP contribution in [0.15, 0.2) is 47.2 Å². The lowest BCUT2D eigenvalue weighted by atomic mass is 10.1. The van der Waals surface area contributed by atoms with Crippen molar-refractivity contribution in [1.82, 2.24) is 15.0 Å². The van der Waals surface area contributed by atoms with Crippen molar-refractivity contribution in [2.24, 2.45) is 0 Å². The quantitative estimate of drug-likeness (QED) is 0.549. The van der Waals surface area contributed by atoms with Crippen LogP contribution in [-0.4, -0.2) is 25.8 Å². The number of rotatable bonds is 3. The monoisotopic (exact) mass is 319 g/mol. The van der Waals surface area contributed by atoms with E-state index in [9.17, 15) is 8.94 Å². The molecule has 0 aliphatic rings. The molecule has 2 heterocycles. The van der Waals surface area contributed by atoms with E-state index in [1.165, 1.54) is 29.7 Å². The summed E-state index contributed by atoms with van der Waals surface area (Å²) in [6, 6.07) is 7.88. The molecule has 0 saturated carbocycles. The third kappa shape index (κ3) is 2.94.